The Bertz CT molecular complexity index is 64.3. The first-order chi connectivity index (χ1) is 3.00. The maximum atomic E-state index is 8.77. The summed E-state index contributed by atoms with van der Waals surface area (Å²) in [4.78, 5) is 30.7. The zero-order valence-corrected chi connectivity index (χ0v) is 4.54. The molecule has 6 N–H and O–H groups in total. The molecule has 0 fully saturated rings. The van der Waals surface area contributed by atoms with Crippen molar-refractivity contribution in [3.63, 3.8) is 0 Å². The van der Waals surface area contributed by atoms with E-state index in [1.807, 2.05) is 0 Å². The zero-order chi connectivity index (χ0) is 6.50. The molecule has 0 unspecified atom stereocenters. The molecule has 8 heavy (non-hydrogen) atoms. The van der Waals surface area contributed by atoms with Crippen molar-refractivity contribution < 1.29 is 30.3 Å². The van der Waals surface area contributed by atoms with Gasteiger partial charge in [0, 0.05) is 4.91 Å². The van der Waals surface area contributed by atoms with Gasteiger partial charge in [0.05, 0.1) is 0 Å². The van der Waals surface area contributed by atoms with Gasteiger partial charge >= 0.3 is 0 Å². The molecule has 0 saturated carbocycles. The summed E-state index contributed by atoms with van der Waals surface area (Å²) in [7, 11) is -4.89. The first kappa shape index (κ1) is 15.6. The number of rotatable bonds is 0. The topological polar surface area (TPSA) is 155 Å². The molecule has 0 bridgehead atoms. The molecule has 0 spiro atoms. The van der Waals surface area contributed by atoms with Crippen molar-refractivity contribution in [2.75, 3.05) is 0 Å². The van der Waals surface area contributed by atoms with Crippen molar-refractivity contribution >= 4 is 7.82 Å². The van der Waals surface area contributed by atoms with Crippen molar-refractivity contribution in [3.05, 3.63) is 4.91 Å². The zero-order valence-electron chi connectivity index (χ0n) is 3.64. The van der Waals surface area contributed by atoms with E-state index in [0.717, 1.165) is 0 Å². The Morgan fingerprint density at radius 2 is 1.38 bits per heavy atom. The molecule has 0 radical (unpaired) electrons. The number of phosphoric acid groups is 1. The highest BCUT2D eigenvalue weighted by molar-refractivity contribution is 7.43. The van der Waals surface area contributed by atoms with Gasteiger partial charge in [-0.15, -0.1) is 0 Å². The molecular weight excluding hydrogens is 141 g/mol. The van der Waals surface area contributed by atoms with E-state index >= 15 is 0 Å². The van der Waals surface area contributed by atoms with Crippen molar-refractivity contribution in [2.24, 2.45) is 0 Å². The van der Waals surface area contributed by atoms with Crippen molar-refractivity contribution in [2.45, 2.75) is 0 Å². The fraction of sp³-hybridized carbons (Fsp3) is 0. The molecule has 0 atom stereocenters. The third-order valence-corrected chi connectivity index (χ3v) is 0. The molecule has 0 saturated heterocycles. The first-order valence-electron chi connectivity index (χ1n) is 1.00. The van der Waals surface area contributed by atoms with Crippen LogP contribution in [0.1, 0.15) is 0 Å². The van der Waals surface area contributed by atoms with Gasteiger partial charge in [-0.25, -0.2) is 0 Å². The average molecular weight is 147 g/mol. The molecule has 0 aliphatic heterocycles. The average Bonchev–Trinajstić information content (AvgIpc) is 1.36. The Hall–Kier alpha value is -0.330. The van der Waals surface area contributed by atoms with Gasteiger partial charge in [-0.2, -0.15) is 0 Å². The minimum atomic E-state index is -4.89. The summed E-state index contributed by atoms with van der Waals surface area (Å²) in [6.07, 6.45) is 0. The number of hydrogen-bond donors (Lipinski definition) is 3. The van der Waals surface area contributed by atoms with E-state index in [1.54, 1.807) is 0 Å². The van der Waals surface area contributed by atoms with E-state index in [0.29, 0.717) is 0 Å². The van der Waals surface area contributed by atoms with E-state index in [1.165, 1.54) is 0 Å². The first-order valence-corrected chi connectivity index (χ1v) is 2.53. The third-order valence-electron chi connectivity index (χ3n) is 0. The van der Waals surface area contributed by atoms with Gasteiger partial charge in [0.15, 0.2) is 0 Å². The van der Waals surface area contributed by atoms with E-state index in [2.05, 4.69) is 5.59 Å². The summed E-state index contributed by atoms with van der Waals surface area (Å²) in [5, 5.41) is 0. The Balaban J connectivity index is -0.0000000750. The number of hydrogen-bond acceptors (Lipinski definition) is 3. The molecule has 0 aromatic carbocycles. The van der Waals surface area contributed by atoms with Crippen LogP contribution in [0.3, 0.4) is 0 Å². The predicted octanol–water partition coefficient (Wildman–Crippen LogP) is -3.87. The summed E-state index contributed by atoms with van der Waals surface area (Å²) in [6.45, 7) is 0. The van der Waals surface area contributed by atoms with Crippen LogP contribution >= 0.6 is 7.82 Å². The van der Waals surface area contributed by atoms with Gasteiger partial charge in [-0.1, -0.05) is 0 Å². The van der Waals surface area contributed by atoms with Gasteiger partial charge < -0.3 is 20.2 Å². The standard InChI is InChI=1S/H2NO.H3O4P.H2O/c1-2;1-5(2,3)4;/h1H2;(H3,1,2,3,4);1H2/q+1;;/p-1. The second-order valence-electron chi connectivity index (χ2n) is 0.491. The van der Waals surface area contributed by atoms with Gasteiger partial charge in [0.25, 0.3) is 7.82 Å². The highest BCUT2D eigenvalue weighted by Crippen LogP contribution is 2.18. The van der Waals surface area contributed by atoms with E-state index < -0.39 is 7.82 Å². The molecule has 7 nitrogen and oxygen atoms in total. The van der Waals surface area contributed by atoms with Gasteiger partial charge in [-0.3, -0.25) is 4.57 Å². The second kappa shape index (κ2) is 6.67. The SMILES string of the molecule is O.O=P([O-])(O)O.[NH2+]=O. The molecule has 0 amide bonds. The Morgan fingerprint density at radius 3 is 1.38 bits per heavy atom. The maximum Gasteiger partial charge on any atom is 0.262 e. The summed E-state index contributed by atoms with van der Waals surface area (Å²) in [5.41, 5.74) is 3.25. The highest BCUT2D eigenvalue weighted by Gasteiger charge is 1.82. The summed E-state index contributed by atoms with van der Waals surface area (Å²) in [6, 6.07) is 0. The van der Waals surface area contributed by atoms with E-state index in [9.17, 15) is 0 Å². The molecular formula is H6NO6P. The summed E-state index contributed by atoms with van der Waals surface area (Å²) < 4.78 is 8.77. The van der Waals surface area contributed by atoms with Crippen LogP contribution in [0, 0.1) is 4.91 Å². The lowest BCUT2D eigenvalue weighted by molar-refractivity contribution is -0.214. The lowest BCUT2D eigenvalue weighted by Crippen LogP contribution is -2.18. The smallest absolute Gasteiger partial charge is 0.262 e. The molecule has 0 heterocycles. The van der Waals surface area contributed by atoms with Crippen LogP contribution in [0.15, 0.2) is 0 Å². The fourth-order valence-electron chi connectivity index (χ4n) is 0. The summed E-state index contributed by atoms with van der Waals surface area (Å²) in [5.74, 6) is 0. The molecule has 8 heteroatoms. The van der Waals surface area contributed by atoms with Crippen LogP contribution in [-0.2, 0) is 4.57 Å². The molecule has 0 aromatic heterocycles. The maximum absolute atomic E-state index is 8.77. The lowest BCUT2D eigenvalue weighted by atomic mass is 13.8. The van der Waals surface area contributed by atoms with Gasteiger partial charge in [0.2, 0.25) is 0 Å². The number of nitroso groups, excluding NO2 is 1. The van der Waals surface area contributed by atoms with Crippen LogP contribution in [0.25, 0.3) is 0 Å². The predicted molar refractivity (Wildman–Crippen MR) is 21.0 cm³/mol. The van der Waals surface area contributed by atoms with Crippen LogP contribution in [0.2, 0.25) is 0 Å². The Kier molecular flexibility index (Phi) is 13.0. The van der Waals surface area contributed by atoms with Crippen molar-refractivity contribution in [1.29, 1.82) is 0 Å². The normalized spacial score (nSPS) is 7.88. The Labute approximate surface area is 44.3 Å². The molecule has 0 aromatic rings. The molecule has 52 valence electrons. The largest absolute Gasteiger partial charge is 0.756 e. The minimum absolute atomic E-state index is 0. The lowest BCUT2D eigenvalue weighted by Gasteiger charge is -2.01. The van der Waals surface area contributed by atoms with Crippen LogP contribution in [0.4, 0.5) is 0 Å². The van der Waals surface area contributed by atoms with Crippen molar-refractivity contribution in [1.82, 2.24) is 0 Å². The van der Waals surface area contributed by atoms with E-state index in [4.69, 9.17) is 24.2 Å². The monoisotopic (exact) mass is 147 g/mol. The second-order valence-corrected chi connectivity index (χ2v) is 1.47. The van der Waals surface area contributed by atoms with Gasteiger partial charge in [0.1, 0.15) is 0 Å². The van der Waals surface area contributed by atoms with Crippen molar-refractivity contribution in [3.8, 4) is 0 Å². The van der Waals surface area contributed by atoms with Crippen LogP contribution < -0.4 is 10.5 Å². The third kappa shape index (κ3) is 1140. The highest BCUT2D eigenvalue weighted by atomic mass is 31.2. The van der Waals surface area contributed by atoms with Gasteiger partial charge in [-0.05, 0) is 5.59 Å². The number of nitrogens with two attached hydrogens (primary N) is 1. The molecule has 0 aliphatic rings. The fourth-order valence-corrected chi connectivity index (χ4v) is 0. The minimum Gasteiger partial charge on any atom is -0.756 e. The Morgan fingerprint density at radius 1 is 1.38 bits per heavy atom. The molecule has 0 rings (SSSR count). The quantitative estimate of drug-likeness (QED) is 0.299. The summed E-state index contributed by atoms with van der Waals surface area (Å²) >= 11 is 0. The van der Waals surface area contributed by atoms with Crippen LogP contribution in [0.5, 0.6) is 0 Å². The van der Waals surface area contributed by atoms with Crippen LogP contribution in [-0.4, -0.2) is 15.3 Å². The van der Waals surface area contributed by atoms with E-state index in [-0.39, 0.29) is 5.48 Å². The molecule has 0 aliphatic carbocycles.